The number of carbonyl (C=O) groups excluding carboxylic acids is 2. The van der Waals surface area contributed by atoms with Crippen LogP contribution >= 0.6 is 11.3 Å². The first kappa shape index (κ1) is 25.9. The van der Waals surface area contributed by atoms with Crippen LogP contribution in [0, 0.1) is 6.92 Å². The number of rotatable bonds is 6. The number of pyridine rings is 1. The molecule has 1 aliphatic carbocycles. The van der Waals surface area contributed by atoms with Gasteiger partial charge in [0.15, 0.2) is 5.01 Å². The summed E-state index contributed by atoms with van der Waals surface area (Å²) in [5.41, 5.74) is 1.34. The third-order valence-electron chi connectivity index (χ3n) is 7.66. The first-order valence-corrected chi connectivity index (χ1v) is 13.5. The topological polar surface area (TPSA) is 107 Å². The van der Waals surface area contributed by atoms with Crippen LogP contribution in [-0.2, 0) is 0 Å². The van der Waals surface area contributed by atoms with E-state index in [1.165, 1.54) is 12.3 Å². The molecule has 2 amide bonds. The van der Waals surface area contributed by atoms with Crippen molar-refractivity contribution in [3.63, 3.8) is 0 Å². The van der Waals surface area contributed by atoms with Gasteiger partial charge in [-0.05, 0) is 70.4 Å². The quantitative estimate of drug-likeness (QED) is 0.508. The summed E-state index contributed by atoms with van der Waals surface area (Å²) in [5.74, 6) is -0.561. The molecule has 0 radical (unpaired) electrons. The van der Waals surface area contributed by atoms with Gasteiger partial charge in [-0.2, -0.15) is 13.2 Å². The predicted octanol–water partition coefficient (Wildman–Crippen LogP) is 4.29. The number of amides is 2. The van der Waals surface area contributed by atoms with Crippen molar-refractivity contribution in [2.75, 3.05) is 5.32 Å². The number of carbonyl (C=O) groups is 2. The van der Waals surface area contributed by atoms with E-state index in [1.54, 1.807) is 6.92 Å². The minimum atomic E-state index is -4.42. The van der Waals surface area contributed by atoms with Crippen LogP contribution < -0.4 is 10.6 Å². The number of hydrogen-bond donors (Lipinski definition) is 3. The summed E-state index contributed by atoms with van der Waals surface area (Å²) in [6.45, 7) is 2.75. The third-order valence-corrected chi connectivity index (χ3v) is 8.75. The molecule has 3 atom stereocenters. The van der Waals surface area contributed by atoms with E-state index < -0.39 is 24.2 Å². The van der Waals surface area contributed by atoms with Crippen molar-refractivity contribution in [1.82, 2.24) is 20.2 Å². The molecule has 12 heteroatoms. The molecule has 0 aromatic carbocycles. The Morgan fingerprint density at radius 2 is 1.84 bits per heavy atom. The monoisotopic (exact) mass is 537 g/mol. The molecular formula is C25H30F3N5O3S. The second kappa shape index (κ2) is 9.86. The summed E-state index contributed by atoms with van der Waals surface area (Å²) in [7, 11) is 0. The average molecular weight is 538 g/mol. The highest BCUT2D eigenvalue weighted by molar-refractivity contribution is 7.17. The van der Waals surface area contributed by atoms with Crippen molar-refractivity contribution in [2.24, 2.45) is 0 Å². The van der Waals surface area contributed by atoms with Gasteiger partial charge in [-0.15, -0.1) is 11.3 Å². The number of nitrogens with zero attached hydrogens (tertiary/aromatic N) is 3. The van der Waals surface area contributed by atoms with E-state index in [-0.39, 0.29) is 40.6 Å². The van der Waals surface area contributed by atoms with Gasteiger partial charge in [-0.3, -0.25) is 9.59 Å². The molecule has 2 aromatic rings. The van der Waals surface area contributed by atoms with E-state index in [0.29, 0.717) is 35.3 Å². The Morgan fingerprint density at radius 3 is 2.41 bits per heavy atom. The number of fused-ring (bicyclic) bond motifs is 2. The van der Waals surface area contributed by atoms with Crippen molar-refractivity contribution in [3.05, 3.63) is 28.5 Å². The molecule has 8 nitrogen and oxygen atoms in total. The number of aryl methyl sites for hydroxylation is 1. The molecule has 0 spiro atoms. The Labute approximate surface area is 216 Å². The Hall–Kier alpha value is -2.73. The Balaban J connectivity index is 1.47. The SMILES string of the molecule is Cc1cc(N[C@@H](C)C(F)(F)F)ncc1-c1sc(C(=O)N[C@H]2CC[C@H](O)C2)nc1C(=O)N1C2CCC1CC2. The van der Waals surface area contributed by atoms with Gasteiger partial charge in [0.25, 0.3) is 11.8 Å². The van der Waals surface area contributed by atoms with Gasteiger partial charge in [0.05, 0.1) is 11.0 Å². The Bertz CT molecular complexity index is 1180. The van der Waals surface area contributed by atoms with E-state index >= 15 is 0 Å². The average Bonchev–Trinajstić information content (AvgIpc) is 3.62. The van der Waals surface area contributed by atoms with Gasteiger partial charge in [-0.25, -0.2) is 9.97 Å². The predicted molar refractivity (Wildman–Crippen MR) is 133 cm³/mol. The van der Waals surface area contributed by atoms with Crippen molar-refractivity contribution in [2.45, 2.75) is 95.2 Å². The zero-order valence-corrected chi connectivity index (χ0v) is 21.5. The fourth-order valence-electron chi connectivity index (χ4n) is 5.62. The highest BCUT2D eigenvalue weighted by atomic mass is 32.1. The number of halogens is 3. The molecule has 2 aliphatic heterocycles. The molecule has 2 saturated heterocycles. The maximum Gasteiger partial charge on any atom is 0.408 e. The molecular weight excluding hydrogens is 507 g/mol. The number of aliphatic hydroxyl groups excluding tert-OH is 1. The smallest absolute Gasteiger partial charge is 0.393 e. The van der Waals surface area contributed by atoms with E-state index in [9.17, 15) is 27.9 Å². The highest BCUT2D eigenvalue weighted by Gasteiger charge is 2.44. The third kappa shape index (κ3) is 5.18. The first-order chi connectivity index (χ1) is 17.5. The second-order valence-electron chi connectivity index (χ2n) is 10.3. The minimum Gasteiger partial charge on any atom is -0.393 e. The van der Waals surface area contributed by atoms with Crippen LogP contribution in [0.5, 0.6) is 0 Å². The number of hydrogen-bond acceptors (Lipinski definition) is 7. The number of anilines is 1. The fraction of sp³-hybridized carbons (Fsp3) is 0.600. The maximum atomic E-state index is 13.7. The molecule has 5 rings (SSSR count). The molecule has 200 valence electrons. The van der Waals surface area contributed by atoms with Crippen LogP contribution in [0.3, 0.4) is 0 Å². The maximum absolute atomic E-state index is 13.7. The summed E-state index contributed by atoms with van der Waals surface area (Å²) < 4.78 is 39.0. The van der Waals surface area contributed by atoms with Gasteiger partial charge in [0, 0.05) is 29.9 Å². The lowest BCUT2D eigenvalue weighted by Crippen LogP contribution is -2.36. The number of aliphatic hydroxyl groups is 1. The minimum absolute atomic E-state index is 0.0683. The van der Waals surface area contributed by atoms with Gasteiger partial charge >= 0.3 is 6.18 Å². The first-order valence-electron chi connectivity index (χ1n) is 12.6. The standard InChI is InChI=1S/C25H30F3N5O3S/c1-12-9-19(30-13(2)25(26,27)28)29-11-18(12)21-20(24(36)33-15-4-5-16(33)7-6-15)32-23(37-21)22(35)31-14-3-8-17(34)10-14/h9,11,13-17,34H,3-8,10H2,1-2H3,(H,29,30)(H,31,35)/t13-,14-,15?,16?,17-/m0/s1. The lowest BCUT2D eigenvalue weighted by molar-refractivity contribution is -0.138. The summed E-state index contributed by atoms with van der Waals surface area (Å²) in [5, 5.41) is 15.2. The molecule has 3 N–H and O–H groups in total. The molecule has 3 aliphatic rings. The van der Waals surface area contributed by atoms with Crippen molar-refractivity contribution in [3.8, 4) is 10.4 Å². The summed E-state index contributed by atoms with van der Waals surface area (Å²) in [4.78, 5) is 37.8. The van der Waals surface area contributed by atoms with E-state index in [1.807, 2.05) is 4.90 Å². The van der Waals surface area contributed by atoms with Crippen LogP contribution in [0.25, 0.3) is 10.4 Å². The van der Waals surface area contributed by atoms with Crippen molar-refractivity contribution in [1.29, 1.82) is 0 Å². The van der Waals surface area contributed by atoms with E-state index in [4.69, 9.17) is 0 Å². The molecule has 0 unspecified atom stereocenters. The van der Waals surface area contributed by atoms with Gasteiger partial charge in [0.1, 0.15) is 17.6 Å². The zero-order chi connectivity index (χ0) is 26.5. The summed E-state index contributed by atoms with van der Waals surface area (Å²) in [6, 6.07) is -0.100. The van der Waals surface area contributed by atoms with Crippen molar-refractivity contribution >= 4 is 29.0 Å². The summed E-state index contributed by atoms with van der Waals surface area (Å²) >= 11 is 1.08. The van der Waals surface area contributed by atoms with Crippen LogP contribution in [0.4, 0.5) is 19.0 Å². The van der Waals surface area contributed by atoms with E-state index in [2.05, 4.69) is 20.6 Å². The number of thiazole rings is 1. The second-order valence-corrected chi connectivity index (χ2v) is 11.3. The molecule has 1 saturated carbocycles. The number of alkyl halides is 3. The Kier molecular flexibility index (Phi) is 6.90. The molecule has 37 heavy (non-hydrogen) atoms. The van der Waals surface area contributed by atoms with Gasteiger partial charge < -0.3 is 20.6 Å². The highest BCUT2D eigenvalue weighted by Crippen LogP contribution is 2.41. The lowest BCUT2D eigenvalue weighted by Gasteiger charge is -2.22. The number of aromatic nitrogens is 2. The molecule has 4 heterocycles. The Morgan fingerprint density at radius 1 is 1.16 bits per heavy atom. The molecule has 3 fully saturated rings. The van der Waals surface area contributed by atoms with Crippen molar-refractivity contribution < 1.29 is 27.9 Å². The normalized spacial score (nSPS) is 25.9. The van der Waals surface area contributed by atoms with Crippen LogP contribution in [0.2, 0.25) is 0 Å². The number of nitrogens with one attached hydrogen (secondary N) is 2. The lowest BCUT2D eigenvalue weighted by atomic mass is 10.0. The van der Waals surface area contributed by atoms with Gasteiger partial charge in [0.2, 0.25) is 0 Å². The van der Waals surface area contributed by atoms with E-state index in [0.717, 1.165) is 43.9 Å². The van der Waals surface area contributed by atoms with Crippen LogP contribution in [0.1, 0.15) is 77.7 Å². The zero-order valence-electron chi connectivity index (χ0n) is 20.6. The van der Waals surface area contributed by atoms with Gasteiger partial charge in [-0.1, -0.05) is 0 Å². The van der Waals surface area contributed by atoms with Crippen LogP contribution in [0.15, 0.2) is 12.3 Å². The molecule has 2 bridgehead atoms. The summed E-state index contributed by atoms with van der Waals surface area (Å²) in [6.07, 6.45) is 2.13. The molecule has 2 aromatic heterocycles. The largest absolute Gasteiger partial charge is 0.408 e. The van der Waals surface area contributed by atoms with Crippen LogP contribution in [-0.4, -0.2) is 68.2 Å². The fourth-order valence-corrected chi connectivity index (χ4v) is 6.66.